The van der Waals surface area contributed by atoms with E-state index in [0.29, 0.717) is 17.8 Å². The number of amides is 3. The highest BCUT2D eigenvalue weighted by atomic mass is 16.7. The Bertz CT molecular complexity index is 1710. The zero-order valence-corrected chi connectivity index (χ0v) is 25.7. The Kier molecular flexibility index (Phi) is 9.48. The summed E-state index contributed by atoms with van der Waals surface area (Å²) in [5.74, 6) is 0.943. The summed E-state index contributed by atoms with van der Waals surface area (Å²) >= 11 is 0. The zero-order valence-electron chi connectivity index (χ0n) is 25.7. The van der Waals surface area contributed by atoms with Crippen LogP contribution in [0.2, 0.25) is 0 Å². The van der Waals surface area contributed by atoms with E-state index in [4.69, 9.17) is 14.2 Å². The van der Waals surface area contributed by atoms with Crippen molar-refractivity contribution in [2.24, 2.45) is 5.92 Å². The van der Waals surface area contributed by atoms with Gasteiger partial charge in [-0.2, -0.15) is 0 Å². The zero-order chi connectivity index (χ0) is 31.9. The van der Waals surface area contributed by atoms with E-state index in [2.05, 4.69) is 28.8 Å². The highest BCUT2D eigenvalue weighted by molar-refractivity contribution is 5.95. The van der Waals surface area contributed by atoms with Crippen molar-refractivity contribution in [1.82, 2.24) is 10.2 Å². The van der Waals surface area contributed by atoms with Crippen molar-refractivity contribution in [2.75, 3.05) is 25.3 Å². The molecule has 2 N–H and O–H groups in total. The fourth-order valence-corrected chi connectivity index (χ4v) is 6.30. The number of urea groups is 1. The van der Waals surface area contributed by atoms with Gasteiger partial charge >= 0.3 is 12.0 Å². The predicted octanol–water partition coefficient (Wildman–Crippen LogP) is 6.29. The lowest BCUT2D eigenvalue weighted by molar-refractivity contribution is -0.135. The second-order valence-electron chi connectivity index (χ2n) is 11.5. The highest BCUT2D eigenvalue weighted by Gasteiger charge is 2.36. The third-order valence-electron chi connectivity index (χ3n) is 8.42. The molecule has 3 amide bonds. The number of carbonyl (C=O) groups is 3. The maximum Gasteiger partial charge on any atom is 0.338 e. The molecule has 9 nitrogen and oxygen atoms in total. The standard InChI is InChI=1S/C37H37N3O6/c1-2-44-36(42)29-12-8-13-30(21-29)39-37(43)38-22-34(41)40(23-25-9-4-3-5-10-25)35-28(17-16-27-11-6-7-14-31(27)35)19-26-15-18-32-33(20-26)46-24-45-32/h3-15,18,20-21,28,35H,2,16-17,19,22-24H2,1H3,(H2,38,39,43). The molecule has 0 radical (unpaired) electrons. The molecule has 4 aromatic rings. The molecule has 0 saturated carbocycles. The Morgan fingerprint density at radius 3 is 2.52 bits per heavy atom. The molecule has 236 valence electrons. The Balaban J connectivity index is 1.24. The van der Waals surface area contributed by atoms with Gasteiger partial charge in [-0.3, -0.25) is 4.79 Å². The van der Waals surface area contributed by atoms with Crippen LogP contribution in [0.3, 0.4) is 0 Å². The highest BCUT2D eigenvalue weighted by Crippen LogP contribution is 2.42. The van der Waals surface area contributed by atoms with Crippen LogP contribution in [-0.2, 0) is 28.9 Å². The first kappa shape index (κ1) is 30.7. The van der Waals surface area contributed by atoms with E-state index in [-0.39, 0.29) is 37.8 Å². The molecule has 1 heterocycles. The van der Waals surface area contributed by atoms with Crippen molar-refractivity contribution in [1.29, 1.82) is 0 Å². The van der Waals surface area contributed by atoms with Gasteiger partial charge in [-0.05, 0) is 84.7 Å². The van der Waals surface area contributed by atoms with Crippen molar-refractivity contribution in [2.45, 2.75) is 38.8 Å². The fraction of sp³-hybridized carbons (Fsp3) is 0.270. The first-order valence-electron chi connectivity index (χ1n) is 15.6. The lowest BCUT2D eigenvalue weighted by Crippen LogP contribution is -2.46. The van der Waals surface area contributed by atoms with Crippen LogP contribution in [0, 0.1) is 5.92 Å². The number of hydrogen-bond donors (Lipinski definition) is 2. The van der Waals surface area contributed by atoms with Gasteiger partial charge in [0.25, 0.3) is 0 Å². The van der Waals surface area contributed by atoms with Gasteiger partial charge in [-0.15, -0.1) is 0 Å². The first-order valence-corrected chi connectivity index (χ1v) is 15.6. The van der Waals surface area contributed by atoms with Crippen LogP contribution in [-0.4, -0.2) is 42.8 Å². The average molecular weight is 620 g/mol. The monoisotopic (exact) mass is 619 g/mol. The van der Waals surface area contributed by atoms with Crippen LogP contribution in [0.25, 0.3) is 0 Å². The number of nitrogens with zero attached hydrogens (tertiary/aromatic N) is 1. The van der Waals surface area contributed by atoms with Gasteiger partial charge in [-0.25, -0.2) is 9.59 Å². The molecule has 2 atom stereocenters. The molecule has 0 fully saturated rings. The van der Waals surface area contributed by atoms with E-state index in [1.165, 1.54) is 5.56 Å². The summed E-state index contributed by atoms with van der Waals surface area (Å²) in [6, 6.07) is 30.0. The van der Waals surface area contributed by atoms with Gasteiger partial charge in [-0.1, -0.05) is 66.7 Å². The summed E-state index contributed by atoms with van der Waals surface area (Å²) in [6.07, 6.45) is 2.57. The van der Waals surface area contributed by atoms with Crippen molar-refractivity contribution < 1.29 is 28.6 Å². The molecule has 46 heavy (non-hydrogen) atoms. The summed E-state index contributed by atoms with van der Waals surface area (Å²) in [5, 5.41) is 5.47. The second kappa shape index (κ2) is 14.2. The van der Waals surface area contributed by atoms with Crippen LogP contribution in [0.15, 0.2) is 97.1 Å². The lowest BCUT2D eigenvalue weighted by atomic mass is 9.76. The Hall–Kier alpha value is -5.31. The molecule has 1 aliphatic heterocycles. The van der Waals surface area contributed by atoms with Crippen molar-refractivity contribution in [3.05, 3.63) is 125 Å². The summed E-state index contributed by atoms with van der Waals surface area (Å²) in [7, 11) is 0. The van der Waals surface area contributed by atoms with Gasteiger partial charge in [0.1, 0.15) is 0 Å². The minimum atomic E-state index is -0.546. The van der Waals surface area contributed by atoms with E-state index in [1.54, 1.807) is 31.2 Å². The Morgan fingerprint density at radius 1 is 0.870 bits per heavy atom. The average Bonchev–Trinajstić information content (AvgIpc) is 3.55. The number of rotatable bonds is 10. The van der Waals surface area contributed by atoms with E-state index in [0.717, 1.165) is 47.5 Å². The number of hydrogen-bond acceptors (Lipinski definition) is 6. The molecule has 0 saturated heterocycles. The van der Waals surface area contributed by atoms with Crippen molar-refractivity contribution in [3.63, 3.8) is 0 Å². The molecule has 0 bridgehead atoms. The third-order valence-corrected chi connectivity index (χ3v) is 8.42. The van der Waals surface area contributed by atoms with Gasteiger partial charge in [0, 0.05) is 12.2 Å². The van der Waals surface area contributed by atoms with Crippen LogP contribution >= 0.6 is 0 Å². The molecule has 0 spiro atoms. The van der Waals surface area contributed by atoms with Gasteiger partial charge in [0.05, 0.1) is 24.8 Å². The summed E-state index contributed by atoms with van der Waals surface area (Å²) in [5.41, 5.74) is 5.22. The molecule has 1 aliphatic carbocycles. The number of carbonyl (C=O) groups excluding carboxylic acids is 3. The summed E-state index contributed by atoms with van der Waals surface area (Å²) in [4.78, 5) is 41.2. The molecule has 2 aliphatic rings. The topological polar surface area (TPSA) is 106 Å². The van der Waals surface area contributed by atoms with Crippen LogP contribution in [0.1, 0.15) is 52.0 Å². The maximum absolute atomic E-state index is 14.2. The smallest absolute Gasteiger partial charge is 0.338 e. The van der Waals surface area contributed by atoms with Gasteiger partial charge in [0.2, 0.25) is 12.7 Å². The van der Waals surface area contributed by atoms with Crippen LogP contribution in [0.4, 0.5) is 10.5 Å². The van der Waals surface area contributed by atoms with E-state index < -0.39 is 12.0 Å². The molecular weight excluding hydrogens is 582 g/mol. The summed E-state index contributed by atoms with van der Waals surface area (Å²) < 4.78 is 16.2. The number of ether oxygens (including phenoxy) is 3. The fourth-order valence-electron chi connectivity index (χ4n) is 6.30. The quantitative estimate of drug-likeness (QED) is 0.202. The Morgan fingerprint density at radius 2 is 1.67 bits per heavy atom. The summed E-state index contributed by atoms with van der Waals surface area (Å²) in [6.45, 7) is 2.39. The third kappa shape index (κ3) is 7.15. The van der Waals surface area contributed by atoms with Crippen LogP contribution in [0.5, 0.6) is 11.5 Å². The minimum absolute atomic E-state index is 0.127. The minimum Gasteiger partial charge on any atom is -0.462 e. The van der Waals surface area contributed by atoms with E-state index >= 15 is 0 Å². The number of aryl methyl sites for hydroxylation is 1. The number of fused-ring (bicyclic) bond motifs is 2. The van der Waals surface area contributed by atoms with Crippen LogP contribution < -0.4 is 20.1 Å². The van der Waals surface area contributed by atoms with E-state index in [9.17, 15) is 14.4 Å². The second-order valence-corrected chi connectivity index (χ2v) is 11.5. The lowest BCUT2D eigenvalue weighted by Gasteiger charge is -2.42. The van der Waals surface area contributed by atoms with Crippen molar-refractivity contribution in [3.8, 4) is 11.5 Å². The van der Waals surface area contributed by atoms with Gasteiger partial charge < -0.3 is 29.7 Å². The number of nitrogens with one attached hydrogen (secondary N) is 2. The predicted molar refractivity (Wildman–Crippen MR) is 174 cm³/mol. The molecule has 4 aromatic carbocycles. The van der Waals surface area contributed by atoms with E-state index in [1.807, 2.05) is 59.5 Å². The van der Waals surface area contributed by atoms with Gasteiger partial charge in [0.15, 0.2) is 11.5 Å². The largest absolute Gasteiger partial charge is 0.462 e. The number of esters is 1. The normalized spacial score (nSPS) is 16.2. The first-order chi connectivity index (χ1) is 22.5. The molecule has 0 aromatic heterocycles. The SMILES string of the molecule is CCOC(=O)c1cccc(NC(=O)NCC(=O)N(Cc2ccccc2)C2c3ccccc3CCC2Cc2ccc3c(c2)OCO3)c1. The number of benzene rings is 4. The molecule has 6 rings (SSSR count). The maximum atomic E-state index is 14.2. The molecule has 2 unspecified atom stereocenters. The Labute approximate surface area is 268 Å². The number of anilines is 1. The van der Waals surface area contributed by atoms with Crippen molar-refractivity contribution >= 4 is 23.6 Å². The molecular formula is C37H37N3O6. The molecule has 9 heteroatoms.